The van der Waals surface area contributed by atoms with Crippen LogP contribution in [0.5, 0.6) is 0 Å². The minimum absolute atomic E-state index is 0.863. The average Bonchev–Trinajstić information content (AvgIpc) is 2.27. The molecular weight excluding hydrogens is 218 g/mol. The lowest BCUT2D eigenvalue weighted by molar-refractivity contribution is 0.341. The summed E-state index contributed by atoms with van der Waals surface area (Å²) >= 11 is 0. The van der Waals surface area contributed by atoms with Crippen LogP contribution in [-0.4, -0.2) is 18.0 Å². The number of hydrogen-bond donors (Lipinski definition) is 0. The topological polar surface area (TPSA) is 3.24 Å². The van der Waals surface area contributed by atoms with Crippen molar-refractivity contribution in [2.75, 3.05) is 13.1 Å². The van der Waals surface area contributed by atoms with Gasteiger partial charge in [-0.1, -0.05) is 66.2 Å². The molecule has 0 saturated heterocycles. The van der Waals surface area contributed by atoms with E-state index in [9.17, 15) is 0 Å². The van der Waals surface area contributed by atoms with Crippen LogP contribution in [0.25, 0.3) is 0 Å². The molecule has 0 heterocycles. The van der Waals surface area contributed by atoms with Crippen LogP contribution in [0.1, 0.15) is 79.1 Å². The fraction of sp³-hybridized carbons (Fsp3) is 0.941. The summed E-state index contributed by atoms with van der Waals surface area (Å²) in [7, 11) is 4.14. The predicted molar refractivity (Wildman–Crippen MR) is 83.5 cm³/mol. The van der Waals surface area contributed by atoms with Crippen molar-refractivity contribution >= 4 is 0 Å². The Balaban J connectivity index is 3.19. The summed E-state index contributed by atoms with van der Waals surface area (Å²) in [4.78, 5) is 2.27. The first-order valence-corrected chi connectivity index (χ1v) is 8.07. The van der Waals surface area contributed by atoms with Gasteiger partial charge in [-0.2, -0.15) is 0 Å². The third-order valence-corrected chi connectivity index (χ3v) is 3.51. The van der Waals surface area contributed by atoms with Gasteiger partial charge in [0.05, 0.1) is 0 Å². The molecular formula is C17H36N. The normalized spacial score (nSPS) is 12.0. The molecule has 1 heteroatoms. The van der Waals surface area contributed by atoms with Crippen molar-refractivity contribution in [1.29, 1.82) is 0 Å². The Morgan fingerprint density at radius 2 is 1.06 bits per heavy atom. The number of unbranched alkanes of at least 4 members (excludes halogenated alkanes) is 4. The van der Waals surface area contributed by atoms with Gasteiger partial charge in [-0.25, -0.2) is 0 Å². The summed E-state index contributed by atoms with van der Waals surface area (Å²) in [6.45, 7) is 11.6. The van der Waals surface area contributed by atoms with Gasteiger partial charge in [0.2, 0.25) is 0 Å². The minimum Gasteiger partial charge on any atom is -0.302 e. The molecule has 0 unspecified atom stereocenters. The van der Waals surface area contributed by atoms with Gasteiger partial charge in [0.25, 0.3) is 0 Å². The van der Waals surface area contributed by atoms with Gasteiger partial charge in [-0.05, 0) is 37.8 Å². The highest BCUT2D eigenvalue weighted by Crippen LogP contribution is 2.10. The zero-order chi connectivity index (χ0) is 13.8. The summed E-state index contributed by atoms with van der Waals surface area (Å²) in [5.74, 6) is 1.73. The molecule has 0 aliphatic heterocycles. The molecule has 0 aliphatic carbocycles. The average molecular weight is 254 g/mol. The Kier molecular flexibility index (Phi) is 12.0. The molecule has 0 rings (SSSR count). The van der Waals surface area contributed by atoms with Crippen LogP contribution >= 0.6 is 0 Å². The molecule has 0 N–H and O–H groups in total. The molecule has 0 bridgehead atoms. The molecule has 0 saturated carbocycles. The standard InChI is InChI=1S/C17H36N/c1-16(2)12-8-6-10-14-18(5)15-11-7-9-13-17(3)4/h16-17H,5-15H2,1-4H3. The maximum atomic E-state index is 4.14. The van der Waals surface area contributed by atoms with Crippen LogP contribution in [0, 0.1) is 18.9 Å². The second-order valence-corrected chi connectivity index (χ2v) is 6.60. The number of rotatable bonds is 12. The molecule has 18 heavy (non-hydrogen) atoms. The fourth-order valence-electron chi connectivity index (χ4n) is 2.24. The summed E-state index contributed by atoms with van der Waals surface area (Å²) in [5.41, 5.74) is 0. The number of hydrogen-bond acceptors (Lipinski definition) is 1. The van der Waals surface area contributed by atoms with Crippen molar-refractivity contribution in [3.63, 3.8) is 0 Å². The largest absolute Gasteiger partial charge is 0.302 e. The van der Waals surface area contributed by atoms with E-state index in [1.807, 2.05) is 0 Å². The third-order valence-electron chi connectivity index (χ3n) is 3.51. The maximum Gasteiger partial charge on any atom is 0.0109 e. The molecule has 0 fully saturated rings. The Labute approximate surface area is 116 Å². The van der Waals surface area contributed by atoms with Gasteiger partial charge in [0.1, 0.15) is 0 Å². The van der Waals surface area contributed by atoms with Gasteiger partial charge in [0.15, 0.2) is 0 Å². The Hall–Kier alpha value is -0.0400. The van der Waals surface area contributed by atoms with Crippen molar-refractivity contribution in [3.8, 4) is 0 Å². The summed E-state index contributed by atoms with van der Waals surface area (Å²) in [5, 5.41) is 0. The lowest BCUT2D eigenvalue weighted by Crippen LogP contribution is -2.18. The lowest BCUT2D eigenvalue weighted by Gasteiger charge is -2.16. The van der Waals surface area contributed by atoms with Crippen molar-refractivity contribution in [2.24, 2.45) is 11.8 Å². The molecule has 0 aromatic carbocycles. The summed E-state index contributed by atoms with van der Waals surface area (Å²) < 4.78 is 0. The lowest BCUT2D eigenvalue weighted by atomic mass is 10.0. The van der Waals surface area contributed by atoms with Crippen LogP contribution in [0.3, 0.4) is 0 Å². The molecule has 0 aromatic heterocycles. The highest BCUT2D eigenvalue weighted by Gasteiger charge is 2.00. The minimum atomic E-state index is 0.863. The van der Waals surface area contributed by atoms with Crippen LogP contribution in [0.15, 0.2) is 0 Å². The SMILES string of the molecule is [CH2]N(CCCCCC(C)C)CCCCCC(C)C. The first kappa shape index (κ1) is 18.0. The van der Waals surface area contributed by atoms with Crippen molar-refractivity contribution in [3.05, 3.63) is 7.05 Å². The zero-order valence-electron chi connectivity index (χ0n) is 13.4. The smallest absolute Gasteiger partial charge is 0.0109 e. The maximum absolute atomic E-state index is 4.14. The molecule has 0 amide bonds. The second kappa shape index (κ2) is 12.0. The quantitative estimate of drug-likeness (QED) is 0.415. The Morgan fingerprint density at radius 3 is 1.39 bits per heavy atom. The van der Waals surface area contributed by atoms with Gasteiger partial charge >= 0.3 is 0 Å². The van der Waals surface area contributed by atoms with Crippen LogP contribution in [-0.2, 0) is 0 Å². The predicted octanol–water partition coefficient (Wildman–Crippen LogP) is 5.51. The van der Waals surface area contributed by atoms with E-state index in [1.165, 1.54) is 64.5 Å². The Morgan fingerprint density at radius 1 is 0.667 bits per heavy atom. The third kappa shape index (κ3) is 14.0. The van der Waals surface area contributed by atoms with E-state index in [1.54, 1.807) is 0 Å². The van der Waals surface area contributed by atoms with E-state index in [2.05, 4.69) is 39.6 Å². The second-order valence-electron chi connectivity index (χ2n) is 6.60. The van der Waals surface area contributed by atoms with E-state index in [-0.39, 0.29) is 0 Å². The van der Waals surface area contributed by atoms with Crippen LogP contribution in [0.2, 0.25) is 0 Å². The van der Waals surface area contributed by atoms with Crippen molar-refractivity contribution in [1.82, 2.24) is 4.90 Å². The Bertz CT molecular complexity index is 145. The molecule has 1 radical (unpaired) electrons. The zero-order valence-corrected chi connectivity index (χ0v) is 13.4. The van der Waals surface area contributed by atoms with Gasteiger partial charge < -0.3 is 4.90 Å². The molecule has 0 spiro atoms. The van der Waals surface area contributed by atoms with E-state index >= 15 is 0 Å². The molecule has 0 aromatic rings. The molecule has 0 atom stereocenters. The summed E-state index contributed by atoms with van der Waals surface area (Å²) in [6.07, 6.45) is 10.9. The number of nitrogens with zero attached hydrogens (tertiary/aromatic N) is 1. The summed E-state index contributed by atoms with van der Waals surface area (Å²) in [6, 6.07) is 0. The van der Waals surface area contributed by atoms with Gasteiger partial charge in [0, 0.05) is 7.05 Å². The molecule has 1 nitrogen and oxygen atoms in total. The first-order chi connectivity index (χ1) is 8.52. The molecule has 0 aliphatic rings. The van der Waals surface area contributed by atoms with E-state index in [4.69, 9.17) is 0 Å². The van der Waals surface area contributed by atoms with Gasteiger partial charge in [-0.15, -0.1) is 0 Å². The fourth-order valence-corrected chi connectivity index (χ4v) is 2.24. The van der Waals surface area contributed by atoms with E-state index in [0.717, 1.165) is 11.8 Å². The van der Waals surface area contributed by atoms with Crippen LogP contribution in [0.4, 0.5) is 0 Å². The van der Waals surface area contributed by atoms with Crippen molar-refractivity contribution < 1.29 is 0 Å². The van der Waals surface area contributed by atoms with E-state index in [0.29, 0.717) is 0 Å². The highest BCUT2D eigenvalue weighted by atomic mass is 15.1. The van der Waals surface area contributed by atoms with Crippen LogP contribution < -0.4 is 0 Å². The van der Waals surface area contributed by atoms with E-state index < -0.39 is 0 Å². The monoisotopic (exact) mass is 254 g/mol. The first-order valence-electron chi connectivity index (χ1n) is 8.07. The molecule has 109 valence electrons. The highest BCUT2D eigenvalue weighted by molar-refractivity contribution is 4.58. The van der Waals surface area contributed by atoms with Gasteiger partial charge in [-0.3, -0.25) is 0 Å². The van der Waals surface area contributed by atoms with Crippen molar-refractivity contribution in [2.45, 2.75) is 79.1 Å².